The van der Waals surface area contributed by atoms with Crippen LogP contribution in [0.15, 0.2) is 60.8 Å². The maximum atomic E-state index is 4.50. The summed E-state index contributed by atoms with van der Waals surface area (Å²) in [6.45, 7) is 2.92. The fourth-order valence-electron chi connectivity index (χ4n) is 2.84. The average molecular weight is 287 g/mol. The first kappa shape index (κ1) is 12.9. The molecule has 0 aliphatic heterocycles. The van der Waals surface area contributed by atoms with Crippen LogP contribution in [0.3, 0.4) is 0 Å². The van der Waals surface area contributed by atoms with Crippen molar-refractivity contribution in [2.75, 3.05) is 5.32 Å². The molecule has 0 spiro atoms. The summed E-state index contributed by atoms with van der Waals surface area (Å²) in [6, 6.07) is 18.9. The fourth-order valence-corrected chi connectivity index (χ4v) is 2.84. The SMILES string of the molecule is Cc1ccccc1CNc1cc2c(cn1)[nH]c1ccccc12. The zero-order valence-electron chi connectivity index (χ0n) is 12.4. The van der Waals surface area contributed by atoms with Crippen molar-refractivity contribution >= 4 is 27.6 Å². The van der Waals surface area contributed by atoms with Crippen LogP contribution in [0.1, 0.15) is 11.1 Å². The summed E-state index contributed by atoms with van der Waals surface area (Å²) < 4.78 is 0. The molecular formula is C19H17N3. The molecule has 0 bridgehead atoms. The van der Waals surface area contributed by atoms with Crippen molar-refractivity contribution in [1.82, 2.24) is 9.97 Å². The van der Waals surface area contributed by atoms with Crippen LogP contribution in [-0.2, 0) is 6.54 Å². The van der Waals surface area contributed by atoms with E-state index in [1.54, 1.807) is 0 Å². The van der Waals surface area contributed by atoms with Gasteiger partial charge in [0, 0.05) is 22.8 Å². The highest BCUT2D eigenvalue weighted by molar-refractivity contribution is 6.07. The molecule has 22 heavy (non-hydrogen) atoms. The Morgan fingerprint density at radius 3 is 2.68 bits per heavy atom. The lowest BCUT2D eigenvalue weighted by Crippen LogP contribution is -2.02. The van der Waals surface area contributed by atoms with E-state index in [0.29, 0.717) is 0 Å². The minimum atomic E-state index is 0.785. The van der Waals surface area contributed by atoms with E-state index < -0.39 is 0 Å². The van der Waals surface area contributed by atoms with Gasteiger partial charge >= 0.3 is 0 Å². The van der Waals surface area contributed by atoms with E-state index in [0.717, 1.165) is 23.4 Å². The fraction of sp³-hybridized carbons (Fsp3) is 0.105. The van der Waals surface area contributed by atoms with Gasteiger partial charge in [-0.3, -0.25) is 0 Å². The highest BCUT2D eigenvalue weighted by atomic mass is 15.0. The van der Waals surface area contributed by atoms with E-state index in [1.165, 1.54) is 21.9 Å². The van der Waals surface area contributed by atoms with Crippen LogP contribution in [0.2, 0.25) is 0 Å². The first-order chi connectivity index (χ1) is 10.8. The molecule has 4 aromatic rings. The van der Waals surface area contributed by atoms with E-state index in [4.69, 9.17) is 0 Å². The predicted octanol–water partition coefficient (Wildman–Crippen LogP) is 4.64. The van der Waals surface area contributed by atoms with Gasteiger partial charge in [0.25, 0.3) is 0 Å². The first-order valence-corrected chi connectivity index (χ1v) is 7.46. The normalized spacial score (nSPS) is 11.1. The topological polar surface area (TPSA) is 40.7 Å². The van der Waals surface area contributed by atoms with E-state index in [1.807, 2.05) is 12.3 Å². The highest BCUT2D eigenvalue weighted by Gasteiger charge is 2.05. The molecule has 0 radical (unpaired) electrons. The molecule has 4 rings (SSSR count). The third-order valence-corrected chi connectivity index (χ3v) is 4.11. The third kappa shape index (κ3) is 2.21. The number of rotatable bonds is 3. The standard InChI is InChI=1S/C19H17N3/c1-13-6-2-3-7-14(13)11-20-19-10-16-15-8-4-5-9-17(15)22-18(16)12-21-19/h2-10,12,22H,11H2,1H3,(H,20,21). The van der Waals surface area contributed by atoms with Crippen LogP contribution in [0.5, 0.6) is 0 Å². The summed E-state index contributed by atoms with van der Waals surface area (Å²) in [4.78, 5) is 7.90. The monoisotopic (exact) mass is 287 g/mol. The van der Waals surface area contributed by atoms with Gasteiger partial charge in [0.05, 0.1) is 11.7 Å². The van der Waals surface area contributed by atoms with E-state index in [-0.39, 0.29) is 0 Å². The van der Waals surface area contributed by atoms with Crippen LogP contribution in [0.4, 0.5) is 5.82 Å². The molecular weight excluding hydrogens is 270 g/mol. The van der Waals surface area contributed by atoms with Crippen LogP contribution < -0.4 is 5.32 Å². The Kier molecular flexibility index (Phi) is 3.04. The van der Waals surface area contributed by atoms with Crippen molar-refractivity contribution in [2.45, 2.75) is 13.5 Å². The number of aromatic nitrogens is 2. The predicted molar refractivity (Wildman–Crippen MR) is 92.1 cm³/mol. The molecule has 0 unspecified atom stereocenters. The second-order valence-corrected chi connectivity index (χ2v) is 5.57. The number of hydrogen-bond donors (Lipinski definition) is 2. The lowest BCUT2D eigenvalue weighted by atomic mass is 10.1. The Balaban J connectivity index is 1.67. The molecule has 0 amide bonds. The lowest BCUT2D eigenvalue weighted by molar-refractivity contribution is 1.09. The summed E-state index contributed by atoms with van der Waals surface area (Å²) in [7, 11) is 0. The van der Waals surface area contributed by atoms with Crippen LogP contribution in [-0.4, -0.2) is 9.97 Å². The van der Waals surface area contributed by atoms with Gasteiger partial charge in [-0.1, -0.05) is 42.5 Å². The minimum absolute atomic E-state index is 0.785. The van der Waals surface area contributed by atoms with Gasteiger partial charge in [-0.15, -0.1) is 0 Å². The maximum Gasteiger partial charge on any atom is 0.126 e. The summed E-state index contributed by atoms with van der Waals surface area (Å²) in [5, 5.41) is 5.86. The third-order valence-electron chi connectivity index (χ3n) is 4.11. The molecule has 0 aliphatic rings. The van der Waals surface area contributed by atoms with Crippen LogP contribution >= 0.6 is 0 Å². The van der Waals surface area contributed by atoms with Gasteiger partial charge in [0.2, 0.25) is 0 Å². The molecule has 3 nitrogen and oxygen atoms in total. The first-order valence-electron chi connectivity index (χ1n) is 7.46. The molecule has 2 aromatic carbocycles. The zero-order chi connectivity index (χ0) is 14.9. The van der Waals surface area contributed by atoms with E-state index in [9.17, 15) is 0 Å². The van der Waals surface area contributed by atoms with Crippen molar-refractivity contribution in [1.29, 1.82) is 0 Å². The van der Waals surface area contributed by atoms with Gasteiger partial charge in [-0.05, 0) is 30.2 Å². The molecule has 3 heteroatoms. The van der Waals surface area contributed by atoms with E-state index >= 15 is 0 Å². The summed E-state index contributed by atoms with van der Waals surface area (Å²) in [6.07, 6.45) is 1.90. The number of aryl methyl sites for hydroxylation is 1. The van der Waals surface area contributed by atoms with Crippen molar-refractivity contribution in [3.05, 3.63) is 71.9 Å². The van der Waals surface area contributed by atoms with E-state index in [2.05, 4.69) is 70.7 Å². The van der Waals surface area contributed by atoms with Crippen LogP contribution in [0.25, 0.3) is 21.8 Å². The summed E-state index contributed by atoms with van der Waals surface area (Å²) >= 11 is 0. The Labute approximate surface area is 129 Å². The number of benzene rings is 2. The average Bonchev–Trinajstić information content (AvgIpc) is 2.92. The summed E-state index contributed by atoms with van der Waals surface area (Å²) in [5.41, 5.74) is 4.81. The van der Waals surface area contributed by atoms with Crippen molar-refractivity contribution in [3.63, 3.8) is 0 Å². The second kappa shape index (κ2) is 5.19. The highest BCUT2D eigenvalue weighted by Crippen LogP contribution is 2.26. The second-order valence-electron chi connectivity index (χ2n) is 5.57. The molecule has 2 aromatic heterocycles. The number of pyridine rings is 1. The van der Waals surface area contributed by atoms with Gasteiger partial charge < -0.3 is 10.3 Å². The van der Waals surface area contributed by atoms with Crippen molar-refractivity contribution in [2.24, 2.45) is 0 Å². The molecule has 2 N–H and O–H groups in total. The van der Waals surface area contributed by atoms with Gasteiger partial charge in [0.15, 0.2) is 0 Å². The Bertz CT molecular complexity index is 953. The number of anilines is 1. The number of hydrogen-bond acceptors (Lipinski definition) is 2. The van der Waals surface area contributed by atoms with Crippen molar-refractivity contribution in [3.8, 4) is 0 Å². The molecule has 0 aliphatic carbocycles. The molecule has 0 saturated carbocycles. The zero-order valence-corrected chi connectivity index (χ0v) is 12.4. The van der Waals surface area contributed by atoms with Crippen molar-refractivity contribution < 1.29 is 0 Å². The molecule has 0 fully saturated rings. The van der Waals surface area contributed by atoms with Gasteiger partial charge in [-0.25, -0.2) is 4.98 Å². The molecule has 0 saturated heterocycles. The lowest BCUT2D eigenvalue weighted by Gasteiger charge is -2.08. The number of fused-ring (bicyclic) bond motifs is 3. The number of H-pyrrole nitrogens is 1. The Hall–Kier alpha value is -2.81. The molecule has 108 valence electrons. The minimum Gasteiger partial charge on any atom is -0.366 e. The van der Waals surface area contributed by atoms with Crippen LogP contribution in [0, 0.1) is 6.92 Å². The van der Waals surface area contributed by atoms with Gasteiger partial charge in [-0.2, -0.15) is 0 Å². The van der Waals surface area contributed by atoms with Gasteiger partial charge in [0.1, 0.15) is 5.82 Å². The smallest absolute Gasteiger partial charge is 0.126 e. The number of nitrogens with zero attached hydrogens (tertiary/aromatic N) is 1. The molecule has 0 atom stereocenters. The maximum absolute atomic E-state index is 4.50. The number of para-hydroxylation sites is 1. The quantitative estimate of drug-likeness (QED) is 0.576. The Morgan fingerprint density at radius 2 is 1.77 bits per heavy atom. The number of aromatic amines is 1. The largest absolute Gasteiger partial charge is 0.366 e. The molecule has 2 heterocycles. The Morgan fingerprint density at radius 1 is 0.955 bits per heavy atom. The summed E-state index contributed by atoms with van der Waals surface area (Å²) in [5.74, 6) is 0.903. The number of nitrogens with one attached hydrogen (secondary N) is 2.